The predicted octanol–water partition coefficient (Wildman–Crippen LogP) is 4.97. The molecule has 0 unspecified atom stereocenters. The summed E-state index contributed by atoms with van der Waals surface area (Å²) in [5, 5.41) is 6.58. The van der Waals surface area contributed by atoms with E-state index in [-0.39, 0.29) is 27.8 Å². The van der Waals surface area contributed by atoms with Gasteiger partial charge in [-0.25, -0.2) is 14.5 Å². The Balaban J connectivity index is 2.05. The van der Waals surface area contributed by atoms with Crippen LogP contribution in [0.15, 0.2) is 41.0 Å². The topological polar surface area (TPSA) is 95.3 Å². The number of hydrogen-bond acceptors (Lipinski definition) is 6. The molecule has 2 heterocycles. The molecule has 0 spiro atoms. The SMILES string of the molecule is COC(=O)c1cc(Br)cc(C)c1NC(=O)c1cc(OCC(F)(F)F)nn1-c1ncccc1Cl. The summed E-state index contributed by atoms with van der Waals surface area (Å²) in [7, 11) is 1.19. The van der Waals surface area contributed by atoms with E-state index in [1.165, 1.54) is 31.5 Å². The van der Waals surface area contributed by atoms with E-state index in [2.05, 4.69) is 36.1 Å². The van der Waals surface area contributed by atoms with Crippen LogP contribution >= 0.6 is 27.5 Å². The molecule has 1 amide bonds. The number of hydrogen-bond donors (Lipinski definition) is 1. The third-order valence-corrected chi connectivity index (χ3v) is 4.94. The summed E-state index contributed by atoms with van der Waals surface area (Å²) in [6, 6.07) is 7.13. The summed E-state index contributed by atoms with van der Waals surface area (Å²) in [6.07, 6.45) is -3.24. The Hall–Kier alpha value is -3.12. The van der Waals surface area contributed by atoms with E-state index in [1.54, 1.807) is 13.0 Å². The number of aryl methyl sites for hydroxylation is 1. The number of aromatic nitrogens is 3. The number of anilines is 1. The first-order valence-electron chi connectivity index (χ1n) is 9.10. The molecule has 0 aliphatic carbocycles. The van der Waals surface area contributed by atoms with Gasteiger partial charge in [-0.1, -0.05) is 27.5 Å². The van der Waals surface area contributed by atoms with Crippen LogP contribution in [-0.2, 0) is 4.74 Å². The van der Waals surface area contributed by atoms with Crippen LogP contribution in [0.1, 0.15) is 26.4 Å². The number of esters is 1. The van der Waals surface area contributed by atoms with Gasteiger partial charge in [-0.3, -0.25) is 4.79 Å². The number of carbonyl (C=O) groups is 2. The van der Waals surface area contributed by atoms with E-state index in [1.807, 2.05) is 0 Å². The molecule has 1 aromatic carbocycles. The van der Waals surface area contributed by atoms with Crippen LogP contribution in [0.2, 0.25) is 5.02 Å². The number of nitrogens with zero attached hydrogens (tertiary/aromatic N) is 3. The fraction of sp³-hybridized carbons (Fsp3) is 0.200. The standard InChI is InChI=1S/C20H15BrClF3N4O4/c1-10-6-11(21)7-12(19(31)32-2)16(10)27-18(30)14-8-15(33-9-20(23,24)25)28-29(14)17-13(22)4-3-5-26-17/h3-8H,9H2,1-2H3,(H,27,30). The van der Waals surface area contributed by atoms with Crippen molar-refractivity contribution in [3.05, 3.63) is 62.8 Å². The van der Waals surface area contributed by atoms with Gasteiger partial charge in [0.05, 0.1) is 23.4 Å². The van der Waals surface area contributed by atoms with Gasteiger partial charge >= 0.3 is 12.1 Å². The summed E-state index contributed by atoms with van der Waals surface area (Å²) in [4.78, 5) is 29.4. The molecule has 0 fully saturated rings. The second kappa shape index (κ2) is 9.79. The van der Waals surface area contributed by atoms with E-state index >= 15 is 0 Å². The minimum absolute atomic E-state index is 0.00750. The molecule has 3 aromatic rings. The van der Waals surface area contributed by atoms with Crippen LogP contribution in [-0.4, -0.2) is 46.5 Å². The summed E-state index contributed by atoms with van der Waals surface area (Å²) >= 11 is 9.42. The van der Waals surface area contributed by atoms with Crippen molar-refractivity contribution in [1.29, 1.82) is 0 Å². The number of rotatable bonds is 6. The van der Waals surface area contributed by atoms with Crippen molar-refractivity contribution in [2.75, 3.05) is 19.0 Å². The van der Waals surface area contributed by atoms with Gasteiger partial charge < -0.3 is 14.8 Å². The lowest BCUT2D eigenvalue weighted by Gasteiger charge is -2.14. The fourth-order valence-electron chi connectivity index (χ4n) is 2.80. The lowest BCUT2D eigenvalue weighted by molar-refractivity contribution is -0.154. The van der Waals surface area contributed by atoms with E-state index in [4.69, 9.17) is 16.3 Å². The summed E-state index contributed by atoms with van der Waals surface area (Å²) in [5.41, 5.74) is 0.500. The number of halogens is 5. The fourth-order valence-corrected chi connectivity index (χ4v) is 3.57. The van der Waals surface area contributed by atoms with Crippen LogP contribution in [0.3, 0.4) is 0 Å². The highest BCUT2D eigenvalue weighted by Crippen LogP contribution is 2.29. The maximum absolute atomic E-state index is 13.1. The maximum Gasteiger partial charge on any atom is 0.422 e. The van der Waals surface area contributed by atoms with E-state index in [9.17, 15) is 22.8 Å². The molecule has 13 heteroatoms. The van der Waals surface area contributed by atoms with Gasteiger partial charge in [0.15, 0.2) is 12.4 Å². The average Bonchev–Trinajstić information content (AvgIpc) is 3.17. The number of nitrogens with one attached hydrogen (secondary N) is 1. The second-order valence-corrected chi connectivity index (χ2v) is 7.91. The Morgan fingerprint density at radius 1 is 1.27 bits per heavy atom. The van der Waals surface area contributed by atoms with Crippen molar-refractivity contribution in [2.45, 2.75) is 13.1 Å². The van der Waals surface area contributed by atoms with E-state index in [0.29, 0.717) is 10.0 Å². The molecule has 174 valence electrons. The lowest BCUT2D eigenvalue weighted by Crippen LogP contribution is -2.20. The number of ether oxygens (including phenoxy) is 2. The van der Waals surface area contributed by atoms with Gasteiger partial charge in [-0.05, 0) is 36.8 Å². The maximum atomic E-state index is 13.1. The highest BCUT2D eigenvalue weighted by atomic mass is 79.9. The van der Waals surface area contributed by atoms with E-state index in [0.717, 1.165) is 10.7 Å². The zero-order chi connectivity index (χ0) is 24.3. The van der Waals surface area contributed by atoms with Crippen LogP contribution in [0, 0.1) is 6.92 Å². The molecule has 1 N–H and O–H groups in total. The lowest BCUT2D eigenvalue weighted by atomic mass is 10.1. The first kappa shape index (κ1) is 24.5. The molecular formula is C20H15BrClF3N4O4. The molecule has 0 radical (unpaired) electrons. The monoisotopic (exact) mass is 546 g/mol. The number of methoxy groups -OCH3 is 1. The second-order valence-electron chi connectivity index (χ2n) is 6.58. The zero-order valence-electron chi connectivity index (χ0n) is 17.0. The van der Waals surface area contributed by atoms with Crippen molar-refractivity contribution >= 4 is 45.1 Å². The third-order valence-electron chi connectivity index (χ3n) is 4.19. The molecule has 3 rings (SSSR count). The normalized spacial score (nSPS) is 11.2. The Bertz CT molecular complexity index is 1220. The quantitative estimate of drug-likeness (QED) is 0.438. The van der Waals surface area contributed by atoms with Gasteiger partial charge in [-0.15, -0.1) is 5.10 Å². The zero-order valence-corrected chi connectivity index (χ0v) is 19.4. The molecule has 0 aliphatic heterocycles. The first-order chi connectivity index (χ1) is 15.5. The predicted molar refractivity (Wildman–Crippen MR) is 116 cm³/mol. The molecule has 0 atom stereocenters. The third kappa shape index (κ3) is 5.82. The molecule has 2 aromatic heterocycles. The molecule has 8 nitrogen and oxygen atoms in total. The first-order valence-corrected chi connectivity index (χ1v) is 10.3. The molecule has 33 heavy (non-hydrogen) atoms. The molecule has 0 bridgehead atoms. The Labute approximate surface area is 198 Å². The number of carbonyl (C=O) groups excluding carboxylic acids is 2. The number of pyridine rings is 1. The van der Waals surface area contributed by atoms with Crippen LogP contribution in [0.4, 0.5) is 18.9 Å². The molecule has 0 saturated heterocycles. The summed E-state index contributed by atoms with van der Waals surface area (Å²) in [6.45, 7) is 0.0386. The van der Waals surface area contributed by atoms with E-state index < -0.39 is 30.5 Å². The molecule has 0 saturated carbocycles. The molecule has 0 aliphatic rings. The highest BCUT2D eigenvalue weighted by Gasteiger charge is 2.30. The van der Waals surface area contributed by atoms with Gasteiger partial charge in [-0.2, -0.15) is 13.2 Å². The average molecular weight is 548 g/mol. The number of benzene rings is 1. The minimum Gasteiger partial charge on any atom is -0.467 e. The van der Waals surface area contributed by atoms with Crippen LogP contribution in [0.25, 0.3) is 5.82 Å². The Morgan fingerprint density at radius 2 is 2.00 bits per heavy atom. The van der Waals surface area contributed by atoms with Crippen molar-refractivity contribution in [1.82, 2.24) is 14.8 Å². The minimum atomic E-state index is -4.61. The number of alkyl halides is 3. The number of amides is 1. The van der Waals surface area contributed by atoms with Crippen LogP contribution in [0.5, 0.6) is 5.88 Å². The van der Waals surface area contributed by atoms with Gasteiger partial charge in [0.1, 0.15) is 5.69 Å². The van der Waals surface area contributed by atoms with Crippen molar-refractivity contribution < 1.29 is 32.2 Å². The summed E-state index contributed by atoms with van der Waals surface area (Å²) in [5.74, 6) is -1.99. The highest BCUT2D eigenvalue weighted by molar-refractivity contribution is 9.10. The van der Waals surface area contributed by atoms with Gasteiger partial charge in [0.25, 0.3) is 5.91 Å². The van der Waals surface area contributed by atoms with Crippen molar-refractivity contribution in [2.24, 2.45) is 0 Å². The Kier molecular flexibility index (Phi) is 7.28. The van der Waals surface area contributed by atoms with Crippen molar-refractivity contribution in [3.8, 4) is 11.7 Å². The largest absolute Gasteiger partial charge is 0.467 e. The van der Waals surface area contributed by atoms with Gasteiger partial charge in [0, 0.05) is 16.7 Å². The smallest absolute Gasteiger partial charge is 0.422 e. The molecular weight excluding hydrogens is 533 g/mol. The van der Waals surface area contributed by atoms with Crippen molar-refractivity contribution in [3.63, 3.8) is 0 Å². The Morgan fingerprint density at radius 3 is 2.64 bits per heavy atom. The summed E-state index contributed by atoms with van der Waals surface area (Å²) < 4.78 is 48.8. The van der Waals surface area contributed by atoms with Gasteiger partial charge in [0.2, 0.25) is 5.88 Å². The van der Waals surface area contributed by atoms with Crippen LogP contribution < -0.4 is 10.1 Å².